The van der Waals surface area contributed by atoms with Crippen molar-refractivity contribution in [3.63, 3.8) is 0 Å². The Hall–Kier alpha value is -1.14. The third kappa shape index (κ3) is 31.0. The number of aliphatic hydroxyl groups excluding tert-OH is 1. The van der Waals surface area contributed by atoms with Gasteiger partial charge in [0.15, 0.2) is 0 Å². The summed E-state index contributed by atoms with van der Waals surface area (Å²) in [5, 5.41) is 9.46. The number of carbonyl (C=O) groups excluding carboxylic acids is 2. The molecule has 0 bridgehead atoms. The molecular formula is C48H95NO5. The summed E-state index contributed by atoms with van der Waals surface area (Å²) in [5.41, 5.74) is -0.837. The second-order valence-corrected chi connectivity index (χ2v) is 18.1. The van der Waals surface area contributed by atoms with Gasteiger partial charge in [-0.25, -0.2) is 0 Å². The van der Waals surface area contributed by atoms with Crippen molar-refractivity contribution in [1.29, 1.82) is 0 Å². The molecule has 6 nitrogen and oxygen atoms in total. The van der Waals surface area contributed by atoms with Crippen LogP contribution in [0.3, 0.4) is 0 Å². The highest BCUT2D eigenvalue weighted by molar-refractivity contribution is 5.76. The summed E-state index contributed by atoms with van der Waals surface area (Å²) in [6.45, 7) is 19.5. The van der Waals surface area contributed by atoms with Crippen molar-refractivity contribution in [1.82, 2.24) is 4.90 Å². The number of aliphatic hydroxyl groups is 1. The van der Waals surface area contributed by atoms with Crippen LogP contribution in [-0.2, 0) is 19.1 Å². The van der Waals surface area contributed by atoms with Crippen molar-refractivity contribution in [3.05, 3.63) is 0 Å². The lowest BCUT2D eigenvalue weighted by atomic mass is 9.86. The van der Waals surface area contributed by atoms with Gasteiger partial charge in [-0.05, 0) is 98.1 Å². The summed E-state index contributed by atoms with van der Waals surface area (Å²) in [7, 11) is 0. The normalized spacial score (nSPS) is 12.3. The molecule has 0 aliphatic carbocycles. The first-order chi connectivity index (χ1) is 26.0. The minimum Gasteiger partial charge on any atom is -0.465 e. The summed E-state index contributed by atoms with van der Waals surface area (Å²) >= 11 is 0. The molecule has 0 aromatic heterocycles. The summed E-state index contributed by atoms with van der Waals surface area (Å²) in [6.07, 6.45) is 35.6. The van der Waals surface area contributed by atoms with E-state index in [-0.39, 0.29) is 18.5 Å². The van der Waals surface area contributed by atoms with Crippen LogP contribution in [0, 0.1) is 16.7 Å². The van der Waals surface area contributed by atoms with Gasteiger partial charge in [-0.3, -0.25) is 9.59 Å². The molecule has 54 heavy (non-hydrogen) atoms. The van der Waals surface area contributed by atoms with Crippen LogP contribution >= 0.6 is 0 Å². The zero-order valence-electron chi connectivity index (χ0n) is 37.6. The fraction of sp³-hybridized carbons (Fsp3) is 0.958. The van der Waals surface area contributed by atoms with E-state index in [0.29, 0.717) is 19.1 Å². The zero-order chi connectivity index (χ0) is 40.2. The Morgan fingerprint density at radius 3 is 1.31 bits per heavy atom. The number of rotatable bonds is 41. The summed E-state index contributed by atoms with van der Waals surface area (Å²) in [5.74, 6) is 0.457. The molecule has 0 heterocycles. The predicted molar refractivity (Wildman–Crippen MR) is 232 cm³/mol. The van der Waals surface area contributed by atoms with E-state index in [9.17, 15) is 14.7 Å². The first-order valence-corrected chi connectivity index (χ1v) is 23.7. The van der Waals surface area contributed by atoms with Crippen LogP contribution in [0.25, 0.3) is 0 Å². The fourth-order valence-corrected chi connectivity index (χ4v) is 7.54. The van der Waals surface area contributed by atoms with Crippen molar-refractivity contribution >= 4 is 11.9 Å². The van der Waals surface area contributed by atoms with Crippen LogP contribution in [0.2, 0.25) is 0 Å². The average Bonchev–Trinajstić information content (AvgIpc) is 3.15. The molecule has 0 unspecified atom stereocenters. The minimum absolute atomic E-state index is 0.0121. The third-order valence-corrected chi connectivity index (χ3v) is 11.7. The maximum absolute atomic E-state index is 13.2. The SMILES string of the molecule is CCCCCCCCCOC(=O)C(C)(C)CCCCCCN(CCCO)CCCCCCC(C)(C)C(=O)OCC(CCCCCCC)CCCCCCC. The molecule has 6 heteroatoms. The van der Waals surface area contributed by atoms with Crippen LogP contribution in [0.1, 0.15) is 241 Å². The van der Waals surface area contributed by atoms with Gasteiger partial charge < -0.3 is 19.5 Å². The summed E-state index contributed by atoms with van der Waals surface area (Å²) in [4.78, 5) is 28.4. The van der Waals surface area contributed by atoms with Crippen molar-refractivity contribution < 1.29 is 24.2 Å². The van der Waals surface area contributed by atoms with Crippen LogP contribution < -0.4 is 0 Å². The molecule has 0 spiro atoms. The molecule has 1 N–H and O–H groups in total. The maximum atomic E-state index is 13.2. The largest absolute Gasteiger partial charge is 0.465 e. The number of nitrogens with zero attached hydrogens (tertiary/aromatic N) is 1. The maximum Gasteiger partial charge on any atom is 0.311 e. The van der Waals surface area contributed by atoms with Gasteiger partial charge in [0, 0.05) is 13.2 Å². The Morgan fingerprint density at radius 1 is 0.481 bits per heavy atom. The van der Waals surface area contributed by atoms with E-state index in [1.54, 1.807) is 0 Å². The molecule has 322 valence electrons. The number of carbonyl (C=O) groups is 2. The Labute approximate surface area is 337 Å². The second-order valence-electron chi connectivity index (χ2n) is 18.1. The molecule has 0 radical (unpaired) electrons. The third-order valence-electron chi connectivity index (χ3n) is 11.7. The van der Waals surface area contributed by atoms with Crippen molar-refractivity contribution in [2.24, 2.45) is 16.7 Å². The standard InChI is InChI=1S/C48H95NO5/c1-8-11-14-17-18-25-32-42-53-45(51)47(4,5)36-28-21-23-30-38-49(40-33-41-50)39-31-24-22-29-37-48(6,7)46(52)54-43-44(34-26-19-15-12-9-2)35-27-20-16-13-10-3/h44,50H,8-43H2,1-7H3. The molecule has 0 fully saturated rings. The van der Waals surface area contributed by atoms with E-state index in [1.807, 2.05) is 13.8 Å². The van der Waals surface area contributed by atoms with Crippen LogP contribution in [0.4, 0.5) is 0 Å². The van der Waals surface area contributed by atoms with Gasteiger partial charge in [-0.1, -0.05) is 162 Å². The quantitative estimate of drug-likeness (QED) is 0.0493. The minimum atomic E-state index is -0.428. The van der Waals surface area contributed by atoms with Gasteiger partial charge >= 0.3 is 11.9 Å². The van der Waals surface area contributed by atoms with Gasteiger partial charge in [0.2, 0.25) is 0 Å². The number of esters is 2. The molecule has 0 aliphatic heterocycles. The molecule has 0 saturated carbocycles. The highest BCUT2D eigenvalue weighted by Crippen LogP contribution is 2.28. The van der Waals surface area contributed by atoms with Crippen LogP contribution in [0.5, 0.6) is 0 Å². The number of ether oxygens (including phenoxy) is 2. The lowest BCUT2D eigenvalue weighted by Gasteiger charge is -2.25. The Balaban J connectivity index is 4.33. The van der Waals surface area contributed by atoms with Crippen molar-refractivity contribution in [3.8, 4) is 0 Å². The fourth-order valence-electron chi connectivity index (χ4n) is 7.54. The summed E-state index contributed by atoms with van der Waals surface area (Å²) < 4.78 is 11.6. The first-order valence-electron chi connectivity index (χ1n) is 23.7. The van der Waals surface area contributed by atoms with Gasteiger partial charge in [0.1, 0.15) is 0 Å². The molecule has 0 aromatic carbocycles. The highest BCUT2D eigenvalue weighted by atomic mass is 16.5. The second kappa shape index (κ2) is 36.2. The topological polar surface area (TPSA) is 76.1 Å². The highest BCUT2D eigenvalue weighted by Gasteiger charge is 2.30. The molecule has 0 rings (SSSR count). The van der Waals surface area contributed by atoms with Crippen LogP contribution in [0.15, 0.2) is 0 Å². The number of unbranched alkanes of at least 4 members (excludes halogenated alkanes) is 20. The van der Waals surface area contributed by atoms with E-state index < -0.39 is 10.8 Å². The van der Waals surface area contributed by atoms with Gasteiger partial charge in [-0.2, -0.15) is 0 Å². The van der Waals surface area contributed by atoms with Crippen molar-refractivity contribution in [2.45, 2.75) is 241 Å². The number of hydrogen-bond acceptors (Lipinski definition) is 6. The smallest absolute Gasteiger partial charge is 0.311 e. The molecule has 0 saturated heterocycles. The van der Waals surface area contributed by atoms with Gasteiger partial charge in [-0.15, -0.1) is 0 Å². The van der Waals surface area contributed by atoms with E-state index in [0.717, 1.165) is 90.3 Å². The molecule has 0 aliphatic rings. The Kier molecular flexibility index (Phi) is 35.5. The molecule has 0 amide bonds. The first kappa shape index (κ1) is 52.9. The molecule has 0 aromatic rings. The average molecular weight is 766 g/mol. The molecule has 0 atom stereocenters. The van der Waals surface area contributed by atoms with Gasteiger partial charge in [0.25, 0.3) is 0 Å². The Morgan fingerprint density at radius 2 is 0.852 bits per heavy atom. The van der Waals surface area contributed by atoms with Crippen molar-refractivity contribution in [2.75, 3.05) is 39.5 Å². The zero-order valence-corrected chi connectivity index (χ0v) is 37.6. The lowest BCUT2D eigenvalue weighted by Crippen LogP contribution is -2.29. The Bertz CT molecular complexity index is 829. The van der Waals surface area contributed by atoms with Crippen LogP contribution in [-0.4, -0.2) is 61.4 Å². The lowest BCUT2D eigenvalue weighted by molar-refractivity contribution is -0.156. The molecular weight excluding hydrogens is 671 g/mol. The summed E-state index contributed by atoms with van der Waals surface area (Å²) in [6, 6.07) is 0. The monoisotopic (exact) mass is 766 g/mol. The van der Waals surface area contributed by atoms with E-state index in [2.05, 4.69) is 39.5 Å². The van der Waals surface area contributed by atoms with E-state index in [1.165, 1.54) is 122 Å². The van der Waals surface area contributed by atoms with E-state index in [4.69, 9.17) is 9.47 Å². The van der Waals surface area contributed by atoms with E-state index >= 15 is 0 Å². The van der Waals surface area contributed by atoms with Gasteiger partial charge in [0.05, 0.1) is 24.0 Å². The predicted octanol–water partition coefficient (Wildman–Crippen LogP) is 13.8. The number of hydrogen-bond donors (Lipinski definition) is 1.